The average molecular weight is 381 g/mol. The van der Waals surface area contributed by atoms with Crippen LogP contribution in [0.5, 0.6) is 0 Å². The van der Waals surface area contributed by atoms with E-state index in [2.05, 4.69) is 48.3 Å². The smallest absolute Gasteiger partial charge is 0.227 e. The first-order chi connectivity index (χ1) is 14.1. The molecule has 3 heterocycles. The number of pyridine rings is 1. The first-order valence-electron chi connectivity index (χ1n) is 10.0. The molecule has 0 aliphatic carbocycles. The van der Waals surface area contributed by atoms with Gasteiger partial charge < -0.3 is 4.90 Å². The summed E-state index contributed by atoms with van der Waals surface area (Å²) in [6.45, 7) is 6.04. The molecule has 2 aliphatic rings. The zero-order valence-electron chi connectivity index (χ0n) is 16.8. The number of carbonyl (C=O) groups is 1. The Balaban J connectivity index is 1.46. The molecule has 0 saturated carbocycles. The minimum atomic E-state index is 0.193. The number of hydrogen-bond donors (Lipinski definition) is 0. The van der Waals surface area contributed by atoms with E-state index in [0.29, 0.717) is 26.1 Å². The minimum Gasteiger partial charge on any atom is -0.334 e. The largest absolute Gasteiger partial charge is 0.334 e. The highest BCUT2D eigenvalue weighted by atomic mass is 16.2. The molecule has 29 heavy (non-hydrogen) atoms. The van der Waals surface area contributed by atoms with E-state index in [1.165, 1.54) is 22.3 Å². The van der Waals surface area contributed by atoms with Crippen LogP contribution in [-0.4, -0.2) is 21.5 Å². The number of rotatable bonds is 3. The molecule has 5 rings (SSSR count). The third-order valence-electron chi connectivity index (χ3n) is 5.73. The van der Waals surface area contributed by atoms with E-state index >= 15 is 0 Å². The zero-order chi connectivity index (χ0) is 20.0. The predicted octanol–water partition coefficient (Wildman–Crippen LogP) is 4.13. The van der Waals surface area contributed by atoms with Crippen LogP contribution >= 0.6 is 0 Å². The second-order valence-electron chi connectivity index (χ2n) is 8.02. The van der Waals surface area contributed by atoms with Crippen molar-refractivity contribution in [3.8, 4) is 0 Å². The molecule has 0 bridgehead atoms. The van der Waals surface area contributed by atoms with E-state index in [1.54, 1.807) is 0 Å². The van der Waals surface area contributed by atoms with Crippen molar-refractivity contribution in [1.29, 1.82) is 0 Å². The Morgan fingerprint density at radius 1 is 0.966 bits per heavy atom. The summed E-state index contributed by atoms with van der Waals surface area (Å²) in [6, 6.07) is 18.8. The topological polar surface area (TPSA) is 45.6 Å². The van der Waals surface area contributed by atoms with Crippen molar-refractivity contribution < 1.29 is 4.79 Å². The Kier molecular flexibility index (Phi) is 4.27. The van der Waals surface area contributed by atoms with Crippen LogP contribution in [0.2, 0.25) is 0 Å². The first kappa shape index (κ1) is 17.8. The van der Waals surface area contributed by atoms with E-state index in [0.717, 1.165) is 28.2 Å². The Morgan fingerprint density at radius 2 is 1.83 bits per heavy atom. The minimum absolute atomic E-state index is 0.193. The van der Waals surface area contributed by atoms with Crippen molar-refractivity contribution >= 4 is 11.6 Å². The van der Waals surface area contributed by atoms with E-state index < -0.39 is 0 Å². The fraction of sp³-hybridized carbons (Fsp3) is 0.240. The number of hydrogen-bond acceptors (Lipinski definition) is 3. The second kappa shape index (κ2) is 6.96. The zero-order valence-corrected chi connectivity index (χ0v) is 16.8. The molecule has 2 aliphatic heterocycles. The van der Waals surface area contributed by atoms with Gasteiger partial charge >= 0.3 is 0 Å². The summed E-state index contributed by atoms with van der Waals surface area (Å²) in [5.41, 5.74) is 9.99. The maximum absolute atomic E-state index is 12.8. The summed E-state index contributed by atoms with van der Waals surface area (Å²) in [5.74, 6) is 0.193. The molecule has 0 atom stereocenters. The van der Waals surface area contributed by atoms with Crippen LogP contribution in [0, 0.1) is 13.8 Å². The van der Waals surface area contributed by atoms with E-state index in [-0.39, 0.29) is 5.91 Å². The van der Waals surface area contributed by atoms with Gasteiger partial charge in [0.15, 0.2) is 0 Å². The van der Waals surface area contributed by atoms with Gasteiger partial charge in [-0.1, -0.05) is 42.0 Å². The lowest BCUT2D eigenvalue weighted by atomic mass is 9.91. The molecule has 1 aromatic heterocycles. The predicted molar refractivity (Wildman–Crippen MR) is 114 cm³/mol. The van der Waals surface area contributed by atoms with Crippen molar-refractivity contribution in [2.24, 2.45) is 4.99 Å². The molecule has 144 valence electrons. The number of fused-ring (bicyclic) bond motifs is 2. The molecule has 0 N–H and O–H groups in total. The highest BCUT2D eigenvalue weighted by molar-refractivity contribution is 6.14. The van der Waals surface area contributed by atoms with Crippen LogP contribution in [0.4, 0.5) is 0 Å². The van der Waals surface area contributed by atoms with Crippen LogP contribution in [0.15, 0.2) is 59.6 Å². The molecule has 0 unspecified atom stereocenters. The molecule has 3 aromatic rings. The number of amides is 1. The Hall–Kier alpha value is -3.27. The van der Waals surface area contributed by atoms with Crippen molar-refractivity contribution in [2.45, 2.75) is 39.9 Å². The van der Waals surface area contributed by atoms with Gasteiger partial charge in [0.05, 0.1) is 24.4 Å². The lowest BCUT2D eigenvalue weighted by Gasteiger charge is -2.29. The van der Waals surface area contributed by atoms with Crippen LogP contribution in [0.1, 0.15) is 44.8 Å². The van der Waals surface area contributed by atoms with Crippen molar-refractivity contribution in [3.05, 3.63) is 99.4 Å². The highest BCUT2D eigenvalue weighted by Crippen LogP contribution is 2.30. The molecule has 2 aromatic carbocycles. The van der Waals surface area contributed by atoms with Crippen LogP contribution < -0.4 is 0 Å². The summed E-state index contributed by atoms with van der Waals surface area (Å²) in [5, 5.41) is 0. The van der Waals surface area contributed by atoms with Crippen molar-refractivity contribution in [2.75, 3.05) is 0 Å². The molecule has 0 spiro atoms. The monoisotopic (exact) mass is 381 g/mol. The van der Waals surface area contributed by atoms with Crippen LogP contribution in [0.25, 0.3) is 0 Å². The van der Waals surface area contributed by atoms with Gasteiger partial charge in [0.1, 0.15) is 0 Å². The highest BCUT2D eigenvalue weighted by Gasteiger charge is 2.27. The number of aryl methyl sites for hydroxylation is 2. The standard InChI is InChI=1S/C25H23N3O/c1-16-5-3-7-18(9-16)14-28-15-21-11-22-20(10-19(21)12-24(28)29)13-26-25(22)23-8-4-6-17(2)27-23/h3-11H,12-15H2,1-2H3. The van der Waals surface area contributed by atoms with Gasteiger partial charge in [0.2, 0.25) is 5.91 Å². The number of carbonyl (C=O) groups excluding carboxylic acids is 1. The van der Waals surface area contributed by atoms with E-state index in [4.69, 9.17) is 4.99 Å². The third kappa shape index (κ3) is 3.35. The maximum atomic E-state index is 12.8. The summed E-state index contributed by atoms with van der Waals surface area (Å²) in [4.78, 5) is 24.1. The van der Waals surface area contributed by atoms with E-state index in [9.17, 15) is 4.79 Å². The lowest BCUT2D eigenvalue weighted by molar-refractivity contribution is -0.132. The first-order valence-corrected chi connectivity index (χ1v) is 10.0. The maximum Gasteiger partial charge on any atom is 0.227 e. The fourth-order valence-electron chi connectivity index (χ4n) is 4.29. The van der Waals surface area contributed by atoms with Crippen LogP contribution in [0.3, 0.4) is 0 Å². The molecule has 1 amide bonds. The van der Waals surface area contributed by atoms with E-state index in [1.807, 2.05) is 30.0 Å². The SMILES string of the molecule is Cc1cccc(CN2Cc3cc4c(cc3CC2=O)CN=C4c2cccc(C)n2)c1. The van der Waals surface area contributed by atoms with Gasteiger partial charge in [-0.2, -0.15) is 0 Å². The van der Waals surface area contributed by atoms with Crippen molar-refractivity contribution in [3.63, 3.8) is 0 Å². The molecule has 0 saturated heterocycles. The van der Waals surface area contributed by atoms with Crippen molar-refractivity contribution in [1.82, 2.24) is 9.88 Å². The normalized spacial score (nSPS) is 15.2. The van der Waals surface area contributed by atoms with Gasteiger partial charge in [-0.05, 0) is 54.3 Å². The number of aliphatic imine (C=N–C) groups is 1. The lowest BCUT2D eigenvalue weighted by Crippen LogP contribution is -2.35. The second-order valence-corrected chi connectivity index (χ2v) is 8.02. The number of aromatic nitrogens is 1. The summed E-state index contributed by atoms with van der Waals surface area (Å²) in [6.07, 6.45) is 0.465. The summed E-state index contributed by atoms with van der Waals surface area (Å²) < 4.78 is 0. The van der Waals surface area contributed by atoms with Gasteiger partial charge in [0.25, 0.3) is 0 Å². The third-order valence-corrected chi connectivity index (χ3v) is 5.73. The van der Waals surface area contributed by atoms with Gasteiger partial charge in [-0.25, -0.2) is 0 Å². The molecular weight excluding hydrogens is 358 g/mol. The van der Waals surface area contributed by atoms with Gasteiger partial charge in [-0.15, -0.1) is 0 Å². The summed E-state index contributed by atoms with van der Waals surface area (Å²) in [7, 11) is 0. The van der Waals surface area contributed by atoms with Gasteiger partial charge in [-0.3, -0.25) is 14.8 Å². The molecule has 0 fully saturated rings. The average Bonchev–Trinajstić information content (AvgIpc) is 3.10. The fourth-order valence-corrected chi connectivity index (χ4v) is 4.29. The number of benzene rings is 2. The Labute approximate surface area is 170 Å². The molecule has 4 heteroatoms. The van der Waals surface area contributed by atoms with Crippen LogP contribution in [-0.2, 0) is 30.8 Å². The summed E-state index contributed by atoms with van der Waals surface area (Å²) >= 11 is 0. The molecule has 0 radical (unpaired) electrons. The Morgan fingerprint density at radius 3 is 2.66 bits per heavy atom. The number of nitrogens with zero attached hydrogens (tertiary/aromatic N) is 3. The quantitative estimate of drug-likeness (QED) is 0.685. The molecular formula is C25H23N3O. The van der Waals surface area contributed by atoms with Gasteiger partial charge in [0, 0.05) is 24.3 Å². The Bertz CT molecular complexity index is 1160. The molecule has 4 nitrogen and oxygen atoms in total.